The van der Waals surface area contributed by atoms with E-state index in [1.807, 2.05) is 24.3 Å². The lowest BCUT2D eigenvalue weighted by Crippen LogP contribution is -2.68. The van der Waals surface area contributed by atoms with Gasteiger partial charge in [0.25, 0.3) is 8.32 Å². The molecule has 0 saturated carbocycles. The number of rotatable bonds is 13. The van der Waals surface area contributed by atoms with Crippen LogP contribution in [0.15, 0.2) is 72.8 Å². The Hall–Kier alpha value is -1.93. The van der Waals surface area contributed by atoms with Gasteiger partial charge in [-0.1, -0.05) is 93.6 Å². The van der Waals surface area contributed by atoms with Gasteiger partial charge in [0.1, 0.15) is 0 Å². The third-order valence-electron chi connectivity index (χ3n) is 7.01. The van der Waals surface area contributed by atoms with Crippen molar-refractivity contribution in [3.8, 4) is 0 Å². The van der Waals surface area contributed by atoms with Crippen molar-refractivity contribution in [2.75, 3.05) is 13.2 Å². The Balaban J connectivity index is 1.83. The summed E-state index contributed by atoms with van der Waals surface area (Å²) in [5.74, 6) is 0. The minimum Gasteiger partial charge on any atom is -0.402 e. The van der Waals surface area contributed by atoms with Gasteiger partial charge < -0.3 is 13.9 Å². The van der Waals surface area contributed by atoms with Crippen molar-refractivity contribution in [3.63, 3.8) is 0 Å². The molecule has 1 heterocycles. The maximum atomic E-state index is 12.5. The van der Waals surface area contributed by atoms with Crippen molar-refractivity contribution in [2.45, 2.75) is 95.7 Å². The smallest absolute Gasteiger partial charge is 0.389 e. The first-order valence-corrected chi connectivity index (χ1v) is 15.8. The number of ether oxygens (including phenoxy) is 2. The van der Waals surface area contributed by atoms with E-state index in [0.717, 1.165) is 19.3 Å². The van der Waals surface area contributed by atoms with Crippen LogP contribution >= 0.6 is 0 Å². The number of unbranched alkanes of at least 4 members (excludes halogenated alkanes) is 2. The Kier molecular flexibility index (Phi) is 11.6. The Bertz CT molecular complexity index is 912. The summed E-state index contributed by atoms with van der Waals surface area (Å²) >= 11 is 0. The largest absolute Gasteiger partial charge is 0.402 e. The molecule has 2 aromatic rings. The standard InChI is InChI=1S/C31H43F3O3Si/c1-30(2,3)38(27-18-10-7-11-19-27,28-20-12-8-13-21-28)37-26(25-36-29-22-14-16-24-35-29)17-9-5-4-6-15-23-31(32,33)34/h5,7-13,18-21,26,29H,4,6,14-17,22-25H2,1-3H3/t26-,29?/m1/s1. The molecule has 2 atom stereocenters. The zero-order valence-electron chi connectivity index (χ0n) is 23.0. The first-order chi connectivity index (χ1) is 18.1. The lowest BCUT2D eigenvalue weighted by Gasteiger charge is -2.45. The monoisotopic (exact) mass is 548 g/mol. The summed E-state index contributed by atoms with van der Waals surface area (Å²) in [6.07, 6.45) is 3.69. The quantitative estimate of drug-likeness (QED) is 0.147. The maximum Gasteiger partial charge on any atom is 0.389 e. The molecule has 38 heavy (non-hydrogen) atoms. The summed E-state index contributed by atoms with van der Waals surface area (Å²) in [6, 6.07) is 21.0. The van der Waals surface area contributed by atoms with E-state index in [2.05, 4.69) is 69.3 Å². The molecular weight excluding hydrogens is 505 g/mol. The van der Waals surface area contributed by atoms with E-state index in [0.29, 0.717) is 32.5 Å². The van der Waals surface area contributed by atoms with Gasteiger partial charge in [0.15, 0.2) is 6.29 Å². The van der Waals surface area contributed by atoms with Crippen LogP contribution in [0.1, 0.15) is 72.1 Å². The van der Waals surface area contributed by atoms with Crippen LogP contribution in [0.3, 0.4) is 0 Å². The normalized spacial score (nSPS) is 18.1. The van der Waals surface area contributed by atoms with Crippen molar-refractivity contribution in [1.29, 1.82) is 0 Å². The minimum atomic E-state index is -4.09. The summed E-state index contributed by atoms with van der Waals surface area (Å²) in [4.78, 5) is 0. The highest BCUT2D eigenvalue weighted by atomic mass is 28.4. The second kappa shape index (κ2) is 14.5. The first-order valence-electron chi connectivity index (χ1n) is 13.9. The van der Waals surface area contributed by atoms with Gasteiger partial charge in [0.05, 0.1) is 12.7 Å². The van der Waals surface area contributed by atoms with Gasteiger partial charge in [-0.25, -0.2) is 0 Å². The summed E-state index contributed by atoms with van der Waals surface area (Å²) in [7, 11) is -2.78. The van der Waals surface area contributed by atoms with Crippen molar-refractivity contribution in [1.82, 2.24) is 0 Å². The second-order valence-corrected chi connectivity index (χ2v) is 15.4. The fourth-order valence-corrected chi connectivity index (χ4v) is 9.78. The van der Waals surface area contributed by atoms with Crippen LogP contribution in [0, 0.1) is 0 Å². The predicted molar refractivity (Wildman–Crippen MR) is 150 cm³/mol. The van der Waals surface area contributed by atoms with Crippen molar-refractivity contribution >= 4 is 18.7 Å². The van der Waals surface area contributed by atoms with Crippen LogP contribution in [0.2, 0.25) is 5.04 Å². The SMILES string of the molecule is CC(C)(C)[Si](O[C@H](CC=CCCCCC(F)(F)F)COC1CCCCO1)(c1ccccc1)c1ccccc1. The van der Waals surface area contributed by atoms with Gasteiger partial charge in [0.2, 0.25) is 0 Å². The van der Waals surface area contributed by atoms with Crippen molar-refractivity contribution in [3.05, 3.63) is 72.8 Å². The minimum absolute atomic E-state index is 0.151. The molecule has 1 saturated heterocycles. The van der Waals surface area contributed by atoms with Crippen molar-refractivity contribution in [2.24, 2.45) is 0 Å². The third kappa shape index (κ3) is 9.08. The van der Waals surface area contributed by atoms with Crippen molar-refractivity contribution < 1.29 is 27.1 Å². The molecule has 2 aromatic carbocycles. The van der Waals surface area contributed by atoms with Gasteiger partial charge in [-0.3, -0.25) is 0 Å². The molecule has 0 spiro atoms. The van der Waals surface area contributed by atoms with Gasteiger partial charge in [-0.2, -0.15) is 13.2 Å². The number of benzene rings is 2. The van der Waals surface area contributed by atoms with E-state index in [9.17, 15) is 13.2 Å². The maximum absolute atomic E-state index is 12.5. The zero-order chi connectivity index (χ0) is 27.5. The number of alkyl halides is 3. The molecule has 0 N–H and O–H groups in total. The molecule has 0 bridgehead atoms. The summed E-state index contributed by atoms with van der Waals surface area (Å²) < 4.78 is 56.7. The van der Waals surface area contributed by atoms with E-state index >= 15 is 0 Å². The average Bonchev–Trinajstić information content (AvgIpc) is 2.89. The molecule has 0 radical (unpaired) electrons. The van der Waals surface area contributed by atoms with Crippen LogP contribution < -0.4 is 10.4 Å². The first kappa shape index (κ1) is 30.6. The molecule has 3 rings (SSSR count). The van der Waals surface area contributed by atoms with E-state index in [-0.39, 0.29) is 23.9 Å². The number of hydrogen-bond acceptors (Lipinski definition) is 3. The van der Waals surface area contributed by atoms with E-state index in [1.54, 1.807) is 0 Å². The highest BCUT2D eigenvalue weighted by Gasteiger charge is 2.51. The molecule has 0 aliphatic carbocycles. The van der Waals surface area contributed by atoms with Gasteiger partial charge in [-0.15, -0.1) is 0 Å². The Morgan fingerprint density at radius 1 is 0.921 bits per heavy atom. The molecule has 7 heteroatoms. The molecule has 1 unspecified atom stereocenters. The lowest BCUT2D eigenvalue weighted by molar-refractivity contribution is -0.173. The highest BCUT2D eigenvalue weighted by molar-refractivity contribution is 6.99. The Labute approximate surface area is 227 Å². The molecule has 0 amide bonds. The fourth-order valence-electron chi connectivity index (χ4n) is 5.10. The van der Waals surface area contributed by atoms with E-state index in [1.165, 1.54) is 10.4 Å². The molecule has 210 valence electrons. The van der Waals surface area contributed by atoms with Gasteiger partial charge in [0, 0.05) is 13.0 Å². The topological polar surface area (TPSA) is 27.7 Å². The summed E-state index contributed by atoms with van der Waals surface area (Å²) in [5.41, 5.74) is 0. The number of hydrogen-bond donors (Lipinski definition) is 0. The zero-order valence-corrected chi connectivity index (χ0v) is 24.0. The summed E-state index contributed by atoms with van der Waals surface area (Å²) in [5, 5.41) is 2.24. The molecule has 1 aliphatic rings. The van der Waals surface area contributed by atoms with E-state index < -0.39 is 20.9 Å². The molecule has 0 aromatic heterocycles. The molecule has 3 nitrogen and oxygen atoms in total. The van der Waals surface area contributed by atoms with Crippen LogP contribution in [-0.4, -0.2) is 40.1 Å². The predicted octanol–water partition coefficient (Wildman–Crippen LogP) is 7.54. The second-order valence-electron chi connectivity index (χ2n) is 11.1. The van der Waals surface area contributed by atoms with Gasteiger partial charge >= 0.3 is 6.18 Å². The highest BCUT2D eigenvalue weighted by Crippen LogP contribution is 2.38. The Morgan fingerprint density at radius 2 is 1.55 bits per heavy atom. The van der Waals surface area contributed by atoms with Gasteiger partial charge in [-0.05, 0) is 60.4 Å². The van der Waals surface area contributed by atoms with Crippen LogP contribution in [0.25, 0.3) is 0 Å². The molecule has 1 aliphatic heterocycles. The summed E-state index contributed by atoms with van der Waals surface area (Å²) in [6.45, 7) is 7.85. The van der Waals surface area contributed by atoms with Crippen LogP contribution in [-0.2, 0) is 13.9 Å². The average molecular weight is 549 g/mol. The third-order valence-corrected chi connectivity index (χ3v) is 12.1. The number of halogens is 3. The van der Waals surface area contributed by atoms with Crippen LogP contribution in [0.4, 0.5) is 13.2 Å². The Morgan fingerprint density at radius 3 is 2.08 bits per heavy atom. The van der Waals surface area contributed by atoms with Crippen LogP contribution in [0.5, 0.6) is 0 Å². The number of allylic oxidation sites excluding steroid dienone is 1. The van der Waals surface area contributed by atoms with E-state index in [4.69, 9.17) is 13.9 Å². The molecule has 1 fully saturated rings. The fraction of sp³-hybridized carbons (Fsp3) is 0.548. The molecular formula is C31H43F3O3Si. The lowest BCUT2D eigenvalue weighted by atomic mass is 10.1.